The monoisotopic (exact) mass is 502 g/mol. The predicted molar refractivity (Wildman–Crippen MR) is 99.3 cm³/mol. The molecule has 0 spiro atoms. The Morgan fingerprint density at radius 2 is 1.48 bits per heavy atom. The Kier molecular flexibility index (Phi) is 16.3. The van der Waals surface area contributed by atoms with E-state index < -0.39 is 11.5 Å². The van der Waals surface area contributed by atoms with Crippen molar-refractivity contribution in [3.05, 3.63) is 51.6 Å². The molecule has 0 saturated heterocycles. The summed E-state index contributed by atoms with van der Waals surface area (Å²) in [6.07, 6.45) is 3.29. The Hall–Kier alpha value is 0.586. The summed E-state index contributed by atoms with van der Waals surface area (Å²) in [4.78, 5) is 7.37. The molecule has 0 bridgehead atoms. The van der Waals surface area contributed by atoms with E-state index in [0.717, 1.165) is 4.47 Å². The zero-order chi connectivity index (χ0) is 18.8. The summed E-state index contributed by atoms with van der Waals surface area (Å²) in [5, 5.41) is 10.1. The average molecular weight is 504 g/mol. The molecule has 2 aromatic heterocycles. The average Bonchev–Trinajstić information content (AvgIpc) is 2.36. The fourth-order valence-electron chi connectivity index (χ4n) is 1.07. The molecular formula is C17H22Br2FKN2O2. The van der Waals surface area contributed by atoms with E-state index in [2.05, 4.69) is 41.8 Å². The van der Waals surface area contributed by atoms with Crippen molar-refractivity contribution in [2.45, 2.75) is 46.3 Å². The van der Waals surface area contributed by atoms with Crippen LogP contribution in [0.1, 0.15) is 34.6 Å². The van der Waals surface area contributed by atoms with Crippen LogP contribution in [0.5, 0.6) is 5.88 Å². The summed E-state index contributed by atoms with van der Waals surface area (Å²) in [5.74, 6) is 0.203. The second-order valence-electron chi connectivity index (χ2n) is 5.89. The summed E-state index contributed by atoms with van der Waals surface area (Å²) >= 11 is 6.41. The number of halogens is 3. The Balaban J connectivity index is 0. The molecule has 0 radical (unpaired) electrons. The summed E-state index contributed by atoms with van der Waals surface area (Å²) in [6.45, 7) is 8.85. The molecule has 0 aliphatic heterocycles. The molecule has 0 amide bonds. The molecule has 2 aromatic rings. The van der Waals surface area contributed by atoms with Gasteiger partial charge in [0.15, 0.2) is 0 Å². The number of pyridine rings is 2. The molecule has 2 heterocycles. The maximum atomic E-state index is 12.0. The van der Waals surface area contributed by atoms with E-state index in [1.807, 2.05) is 26.0 Å². The maximum Gasteiger partial charge on any atom is 1.00 e. The van der Waals surface area contributed by atoms with E-state index in [9.17, 15) is 9.50 Å². The molecule has 0 aliphatic rings. The van der Waals surface area contributed by atoms with Gasteiger partial charge in [-0.2, -0.15) is 4.39 Å². The van der Waals surface area contributed by atoms with E-state index in [4.69, 9.17) is 4.74 Å². The second kappa shape index (κ2) is 14.6. The predicted octanol–water partition coefficient (Wildman–Crippen LogP) is 1.76. The standard InChI is InChI=1S/C8H10BrNO.C5H3BrFN.C4H9O.K/c1-6(2)11-8-5-7(9)3-4-10-8;6-4-1-2-8-5(7)3-4;1-4(2,3)5;/h3-6H,1-2H3;1-3H;1-3H3;/q;;-1;+1. The molecule has 4 nitrogen and oxygen atoms in total. The van der Waals surface area contributed by atoms with Gasteiger partial charge in [0.1, 0.15) is 0 Å². The van der Waals surface area contributed by atoms with Crippen LogP contribution in [-0.4, -0.2) is 21.7 Å². The first-order valence-electron chi connectivity index (χ1n) is 7.23. The van der Waals surface area contributed by atoms with Crippen molar-refractivity contribution >= 4 is 31.9 Å². The zero-order valence-electron chi connectivity index (χ0n) is 15.4. The van der Waals surface area contributed by atoms with E-state index in [1.165, 1.54) is 12.3 Å². The number of rotatable bonds is 2. The Labute approximate surface area is 208 Å². The van der Waals surface area contributed by atoms with E-state index in [-0.39, 0.29) is 57.5 Å². The van der Waals surface area contributed by atoms with Crippen molar-refractivity contribution < 1.29 is 65.6 Å². The van der Waals surface area contributed by atoms with Crippen LogP contribution in [0.25, 0.3) is 0 Å². The van der Waals surface area contributed by atoms with Crippen LogP contribution in [0.3, 0.4) is 0 Å². The van der Waals surface area contributed by atoms with Gasteiger partial charge in [-0.3, -0.25) is 0 Å². The van der Waals surface area contributed by atoms with Crippen LogP contribution in [-0.2, 0) is 0 Å². The van der Waals surface area contributed by atoms with Crippen molar-refractivity contribution in [2.75, 3.05) is 0 Å². The Morgan fingerprint density at radius 1 is 1.04 bits per heavy atom. The van der Waals surface area contributed by atoms with Crippen molar-refractivity contribution in [1.29, 1.82) is 0 Å². The molecule has 134 valence electrons. The van der Waals surface area contributed by atoms with Gasteiger partial charge >= 0.3 is 51.4 Å². The SMILES string of the molecule is CC(C)(C)[O-].CC(C)Oc1cc(Br)ccn1.Fc1cc(Br)ccn1.[K+]. The zero-order valence-corrected chi connectivity index (χ0v) is 21.7. The van der Waals surface area contributed by atoms with Crippen molar-refractivity contribution in [1.82, 2.24) is 9.97 Å². The Bertz CT molecular complexity index is 588. The third-order valence-corrected chi connectivity index (χ3v) is 2.73. The largest absolute Gasteiger partial charge is 1.00 e. The maximum absolute atomic E-state index is 12.0. The molecular weight excluding hydrogens is 482 g/mol. The molecule has 0 aromatic carbocycles. The van der Waals surface area contributed by atoms with Crippen LogP contribution in [0.15, 0.2) is 45.6 Å². The van der Waals surface area contributed by atoms with Crippen molar-refractivity contribution in [2.24, 2.45) is 0 Å². The molecule has 0 N–H and O–H groups in total. The van der Waals surface area contributed by atoms with Crippen molar-refractivity contribution in [3.8, 4) is 5.88 Å². The summed E-state index contributed by atoms with van der Waals surface area (Å²) < 4.78 is 19.1. The third kappa shape index (κ3) is 20.7. The van der Waals surface area contributed by atoms with Crippen LogP contribution in [0.4, 0.5) is 4.39 Å². The summed E-state index contributed by atoms with van der Waals surface area (Å²) in [5.41, 5.74) is -0.750. The summed E-state index contributed by atoms with van der Waals surface area (Å²) in [6, 6.07) is 6.69. The van der Waals surface area contributed by atoms with E-state index in [0.29, 0.717) is 10.4 Å². The molecule has 25 heavy (non-hydrogen) atoms. The first kappa shape index (κ1) is 27.8. The fraction of sp³-hybridized carbons (Fsp3) is 0.412. The normalized spacial score (nSPS) is 9.84. The van der Waals surface area contributed by atoms with Gasteiger partial charge in [-0.25, -0.2) is 9.97 Å². The number of hydrogen-bond donors (Lipinski definition) is 0. The van der Waals surface area contributed by atoms with E-state index >= 15 is 0 Å². The second-order valence-corrected chi connectivity index (χ2v) is 7.72. The minimum atomic E-state index is -0.750. The number of aromatic nitrogens is 2. The van der Waals surface area contributed by atoms with Gasteiger partial charge in [0, 0.05) is 33.5 Å². The Morgan fingerprint density at radius 3 is 1.80 bits per heavy atom. The third-order valence-electron chi connectivity index (χ3n) is 1.74. The molecule has 0 atom stereocenters. The number of nitrogens with zero attached hydrogens (tertiary/aromatic N) is 2. The molecule has 0 aliphatic carbocycles. The van der Waals surface area contributed by atoms with E-state index in [1.54, 1.807) is 33.0 Å². The quantitative estimate of drug-likeness (QED) is 0.463. The van der Waals surface area contributed by atoms with Gasteiger partial charge in [0.2, 0.25) is 11.8 Å². The van der Waals surface area contributed by atoms with Gasteiger partial charge in [-0.1, -0.05) is 52.6 Å². The van der Waals surface area contributed by atoms with Gasteiger partial charge in [0.25, 0.3) is 0 Å². The first-order valence-corrected chi connectivity index (χ1v) is 8.81. The molecule has 0 unspecified atom stereocenters. The number of hydrogen-bond acceptors (Lipinski definition) is 4. The van der Waals surface area contributed by atoms with Gasteiger partial charge in [0.05, 0.1) is 6.10 Å². The van der Waals surface area contributed by atoms with Crippen LogP contribution >= 0.6 is 31.9 Å². The topological polar surface area (TPSA) is 58.1 Å². The van der Waals surface area contributed by atoms with Gasteiger partial charge in [-0.15, -0.1) is 5.60 Å². The minimum absolute atomic E-state index is 0. The van der Waals surface area contributed by atoms with Gasteiger partial charge < -0.3 is 9.84 Å². The minimum Gasteiger partial charge on any atom is -0.850 e. The molecule has 0 fully saturated rings. The number of ether oxygens (including phenoxy) is 1. The molecule has 8 heteroatoms. The van der Waals surface area contributed by atoms with Crippen LogP contribution in [0.2, 0.25) is 0 Å². The smallest absolute Gasteiger partial charge is 0.850 e. The van der Waals surface area contributed by atoms with Crippen molar-refractivity contribution in [3.63, 3.8) is 0 Å². The van der Waals surface area contributed by atoms with Crippen LogP contribution < -0.4 is 61.2 Å². The van der Waals surface area contributed by atoms with Gasteiger partial charge in [-0.05, 0) is 26.0 Å². The van der Waals surface area contributed by atoms with Crippen LogP contribution in [0, 0.1) is 5.95 Å². The summed E-state index contributed by atoms with van der Waals surface area (Å²) in [7, 11) is 0. The molecule has 0 saturated carbocycles. The first-order chi connectivity index (χ1) is 11.0. The molecule has 2 rings (SSSR count). The fourth-order valence-corrected chi connectivity index (χ4v) is 1.69.